The molecule has 0 fully saturated rings. The third-order valence-electron chi connectivity index (χ3n) is 1.73. The zero-order chi connectivity index (χ0) is 8.69. The number of unbranched alkanes of at least 4 members (excludes halogenated alkanes) is 2. The van der Waals surface area contributed by atoms with Crippen LogP contribution in [-0.4, -0.2) is 34.1 Å². The fourth-order valence-electron chi connectivity index (χ4n) is 0.918. The predicted octanol–water partition coefficient (Wildman–Crippen LogP) is 0.281. The number of rotatable bonds is 6. The molecule has 0 aliphatic rings. The van der Waals surface area contributed by atoms with Crippen LogP contribution in [0.3, 0.4) is 0 Å². The van der Waals surface area contributed by atoms with Crippen molar-refractivity contribution in [2.45, 2.75) is 44.8 Å². The van der Waals surface area contributed by atoms with E-state index in [9.17, 15) is 0 Å². The van der Waals surface area contributed by atoms with Gasteiger partial charge in [0.15, 0.2) is 0 Å². The van der Waals surface area contributed by atoms with E-state index in [0.29, 0.717) is 6.42 Å². The van der Waals surface area contributed by atoms with Crippen molar-refractivity contribution in [3.8, 4) is 0 Å². The Hall–Kier alpha value is -0.120. The van der Waals surface area contributed by atoms with Crippen LogP contribution in [0, 0.1) is 0 Å². The summed E-state index contributed by atoms with van der Waals surface area (Å²) in [5.41, 5.74) is 0. The van der Waals surface area contributed by atoms with E-state index < -0.39 is 12.2 Å². The van der Waals surface area contributed by atoms with Gasteiger partial charge in [-0.15, -0.1) is 0 Å². The molecule has 0 saturated carbocycles. The molecule has 0 aromatic rings. The van der Waals surface area contributed by atoms with E-state index in [-0.39, 0.29) is 6.61 Å². The third kappa shape index (κ3) is 5.18. The van der Waals surface area contributed by atoms with Crippen molar-refractivity contribution in [1.29, 1.82) is 0 Å². The second-order valence-corrected chi connectivity index (χ2v) is 2.81. The largest absolute Gasteiger partial charge is 0.394 e. The van der Waals surface area contributed by atoms with Gasteiger partial charge in [-0.3, -0.25) is 0 Å². The molecule has 0 aromatic heterocycles. The van der Waals surface area contributed by atoms with Gasteiger partial charge in [-0.2, -0.15) is 0 Å². The van der Waals surface area contributed by atoms with Gasteiger partial charge < -0.3 is 15.3 Å². The molecule has 3 N–H and O–H groups in total. The second kappa shape index (κ2) is 6.58. The third-order valence-corrected chi connectivity index (χ3v) is 1.73. The summed E-state index contributed by atoms with van der Waals surface area (Å²) in [7, 11) is 0. The molecule has 0 amide bonds. The highest BCUT2D eigenvalue weighted by Gasteiger charge is 2.13. The number of hydrogen-bond donors (Lipinski definition) is 3. The summed E-state index contributed by atoms with van der Waals surface area (Å²) in [6, 6.07) is 0. The van der Waals surface area contributed by atoms with Crippen molar-refractivity contribution < 1.29 is 15.3 Å². The lowest BCUT2D eigenvalue weighted by Crippen LogP contribution is -2.28. The molecule has 2 unspecified atom stereocenters. The van der Waals surface area contributed by atoms with Crippen LogP contribution in [0.25, 0.3) is 0 Å². The Balaban J connectivity index is 3.28. The van der Waals surface area contributed by atoms with Crippen LogP contribution < -0.4 is 0 Å². The quantitative estimate of drug-likeness (QED) is 0.492. The van der Waals surface area contributed by atoms with Gasteiger partial charge in [0.05, 0.1) is 12.7 Å². The summed E-state index contributed by atoms with van der Waals surface area (Å²) >= 11 is 0. The normalized spacial score (nSPS) is 16.4. The van der Waals surface area contributed by atoms with Crippen molar-refractivity contribution in [2.24, 2.45) is 0 Å². The second-order valence-electron chi connectivity index (χ2n) is 2.81. The van der Waals surface area contributed by atoms with Crippen LogP contribution >= 0.6 is 0 Å². The minimum atomic E-state index is -0.966. The molecule has 2 atom stereocenters. The van der Waals surface area contributed by atoms with E-state index in [4.69, 9.17) is 15.3 Å². The number of aliphatic hydroxyl groups excluding tert-OH is 3. The number of hydrogen-bond acceptors (Lipinski definition) is 3. The molecule has 0 bridgehead atoms. The Kier molecular flexibility index (Phi) is 6.51. The van der Waals surface area contributed by atoms with E-state index in [2.05, 4.69) is 6.92 Å². The SMILES string of the molecule is CCCCCC(O)C(O)CO. The smallest absolute Gasteiger partial charge is 0.103 e. The minimum Gasteiger partial charge on any atom is -0.394 e. The summed E-state index contributed by atoms with van der Waals surface area (Å²) in [5.74, 6) is 0. The molecule has 0 rings (SSSR count). The Bertz CT molecular complexity index is 85.4. The lowest BCUT2D eigenvalue weighted by atomic mass is 10.1. The molecule has 3 heteroatoms. The van der Waals surface area contributed by atoms with E-state index in [0.717, 1.165) is 19.3 Å². The van der Waals surface area contributed by atoms with E-state index in [1.54, 1.807) is 0 Å². The highest BCUT2D eigenvalue weighted by Crippen LogP contribution is 2.05. The Morgan fingerprint density at radius 2 is 1.73 bits per heavy atom. The molecule has 68 valence electrons. The first-order valence-corrected chi connectivity index (χ1v) is 4.19. The molecule has 0 aliphatic carbocycles. The van der Waals surface area contributed by atoms with Gasteiger partial charge in [0, 0.05) is 0 Å². The molecule has 0 saturated heterocycles. The molecule has 0 radical (unpaired) electrons. The number of aliphatic hydroxyl groups is 3. The van der Waals surface area contributed by atoms with Crippen molar-refractivity contribution >= 4 is 0 Å². The van der Waals surface area contributed by atoms with E-state index in [1.165, 1.54) is 0 Å². The predicted molar refractivity (Wildman–Crippen MR) is 43.2 cm³/mol. The summed E-state index contributed by atoms with van der Waals surface area (Å²) in [5, 5.41) is 26.5. The molecular formula is C8H18O3. The lowest BCUT2D eigenvalue weighted by molar-refractivity contribution is -0.0185. The molecule has 3 nitrogen and oxygen atoms in total. The van der Waals surface area contributed by atoms with Gasteiger partial charge >= 0.3 is 0 Å². The minimum absolute atomic E-state index is 0.354. The topological polar surface area (TPSA) is 60.7 Å². The van der Waals surface area contributed by atoms with Crippen LogP contribution in [0.1, 0.15) is 32.6 Å². The van der Waals surface area contributed by atoms with Gasteiger partial charge in [-0.05, 0) is 6.42 Å². The van der Waals surface area contributed by atoms with Crippen LogP contribution in [0.4, 0.5) is 0 Å². The van der Waals surface area contributed by atoms with Crippen LogP contribution in [0.5, 0.6) is 0 Å². The molecule has 0 aromatic carbocycles. The highest BCUT2D eigenvalue weighted by atomic mass is 16.4. The summed E-state index contributed by atoms with van der Waals surface area (Å²) in [6.07, 6.45) is 1.93. The van der Waals surface area contributed by atoms with Gasteiger partial charge in [-0.25, -0.2) is 0 Å². The maximum Gasteiger partial charge on any atom is 0.103 e. The molecule has 0 aliphatic heterocycles. The Morgan fingerprint density at radius 3 is 2.18 bits per heavy atom. The van der Waals surface area contributed by atoms with Crippen molar-refractivity contribution in [3.05, 3.63) is 0 Å². The molecule has 11 heavy (non-hydrogen) atoms. The zero-order valence-electron chi connectivity index (χ0n) is 7.03. The van der Waals surface area contributed by atoms with Crippen molar-refractivity contribution in [2.75, 3.05) is 6.61 Å². The van der Waals surface area contributed by atoms with Crippen LogP contribution in [0.15, 0.2) is 0 Å². The summed E-state index contributed by atoms with van der Waals surface area (Å²) in [6.45, 7) is 1.72. The van der Waals surface area contributed by atoms with E-state index >= 15 is 0 Å². The van der Waals surface area contributed by atoms with Gasteiger partial charge in [0.2, 0.25) is 0 Å². The van der Waals surface area contributed by atoms with E-state index in [1.807, 2.05) is 0 Å². The van der Waals surface area contributed by atoms with Crippen LogP contribution in [0.2, 0.25) is 0 Å². The fraction of sp³-hybridized carbons (Fsp3) is 1.00. The first kappa shape index (κ1) is 10.9. The van der Waals surface area contributed by atoms with Gasteiger partial charge in [-0.1, -0.05) is 26.2 Å². The van der Waals surface area contributed by atoms with Crippen LogP contribution in [-0.2, 0) is 0 Å². The first-order valence-electron chi connectivity index (χ1n) is 4.19. The zero-order valence-corrected chi connectivity index (χ0v) is 7.03. The summed E-state index contributed by atoms with van der Waals surface area (Å²) < 4.78 is 0. The van der Waals surface area contributed by atoms with Crippen molar-refractivity contribution in [1.82, 2.24) is 0 Å². The average Bonchev–Trinajstić information content (AvgIpc) is 2.03. The highest BCUT2D eigenvalue weighted by molar-refractivity contribution is 4.65. The maximum atomic E-state index is 9.13. The van der Waals surface area contributed by atoms with Gasteiger partial charge in [0.1, 0.15) is 6.10 Å². The molecule has 0 spiro atoms. The lowest BCUT2D eigenvalue weighted by Gasteiger charge is -2.14. The summed E-state index contributed by atoms with van der Waals surface area (Å²) in [4.78, 5) is 0. The van der Waals surface area contributed by atoms with Gasteiger partial charge in [0.25, 0.3) is 0 Å². The molecular weight excluding hydrogens is 144 g/mol. The average molecular weight is 162 g/mol. The standard InChI is InChI=1S/C8H18O3/c1-2-3-4-5-7(10)8(11)6-9/h7-11H,2-6H2,1H3. The Morgan fingerprint density at radius 1 is 1.09 bits per heavy atom. The van der Waals surface area contributed by atoms with Crippen molar-refractivity contribution in [3.63, 3.8) is 0 Å². The first-order chi connectivity index (χ1) is 5.22. The maximum absolute atomic E-state index is 9.13. The fourth-order valence-corrected chi connectivity index (χ4v) is 0.918. The monoisotopic (exact) mass is 162 g/mol. The Labute approximate surface area is 67.7 Å². The molecule has 0 heterocycles.